The molecule has 1 heterocycles. The van der Waals surface area contributed by atoms with E-state index in [1.54, 1.807) is 7.05 Å². The number of carbonyl (C=O) groups excluding carboxylic acids is 2. The minimum absolute atomic E-state index is 0.0924. The molecule has 0 unspecified atom stereocenters. The van der Waals surface area contributed by atoms with Gasteiger partial charge in [0.1, 0.15) is 5.82 Å². The van der Waals surface area contributed by atoms with E-state index < -0.39 is 0 Å². The average molecular weight is 385 g/mol. The SMILES string of the molecule is CN(CC(=O)NC1CC1)C(=O)CSc1nc(C2CC2)n(-c2ccccc2)n1. The number of nitrogens with one attached hydrogen (secondary N) is 1. The molecule has 0 aliphatic heterocycles. The lowest BCUT2D eigenvalue weighted by Crippen LogP contribution is -2.39. The Morgan fingerprint density at radius 2 is 1.96 bits per heavy atom. The summed E-state index contributed by atoms with van der Waals surface area (Å²) in [6.07, 6.45) is 4.34. The van der Waals surface area contributed by atoms with E-state index >= 15 is 0 Å². The number of benzene rings is 1. The fourth-order valence-corrected chi connectivity index (χ4v) is 3.54. The second-order valence-electron chi connectivity index (χ2n) is 7.15. The summed E-state index contributed by atoms with van der Waals surface area (Å²) < 4.78 is 1.89. The van der Waals surface area contributed by atoms with E-state index in [0.29, 0.717) is 17.1 Å². The lowest BCUT2D eigenvalue weighted by atomic mass is 10.3. The summed E-state index contributed by atoms with van der Waals surface area (Å²) in [6.45, 7) is 0.0924. The van der Waals surface area contributed by atoms with E-state index in [1.807, 2.05) is 35.0 Å². The van der Waals surface area contributed by atoms with Crippen molar-refractivity contribution in [3.63, 3.8) is 0 Å². The molecule has 1 N–H and O–H groups in total. The van der Waals surface area contributed by atoms with E-state index in [0.717, 1.165) is 37.2 Å². The molecule has 2 fully saturated rings. The Morgan fingerprint density at radius 1 is 1.22 bits per heavy atom. The van der Waals surface area contributed by atoms with Gasteiger partial charge in [-0.2, -0.15) is 0 Å². The zero-order chi connectivity index (χ0) is 18.8. The number of para-hydroxylation sites is 1. The van der Waals surface area contributed by atoms with Gasteiger partial charge in [0.15, 0.2) is 0 Å². The van der Waals surface area contributed by atoms with Gasteiger partial charge in [0.25, 0.3) is 0 Å². The van der Waals surface area contributed by atoms with Crippen molar-refractivity contribution in [2.45, 2.75) is 42.8 Å². The van der Waals surface area contributed by atoms with Gasteiger partial charge < -0.3 is 10.2 Å². The number of likely N-dealkylation sites (N-methyl/N-ethyl adjacent to an activating group) is 1. The van der Waals surface area contributed by atoms with Crippen molar-refractivity contribution < 1.29 is 9.59 Å². The number of rotatable bonds is 8. The Labute approximate surface area is 162 Å². The highest BCUT2D eigenvalue weighted by Crippen LogP contribution is 2.40. The lowest BCUT2D eigenvalue weighted by Gasteiger charge is -2.16. The summed E-state index contributed by atoms with van der Waals surface area (Å²) in [4.78, 5) is 30.3. The molecule has 2 aliphatic carbocycles. The molecule has 0 bridgehead atoms. The van der Waals surface area contributed by atoms with Gasteiger partial charge >= 0.3 is 0 Å². The van der Waals surface area contributed by atoms with E-state index in [2.05, 4.69) is 15.4 Å². The van der Waals surface area contributed by atoms with Gasteiger partial charge in [0, 0.05) is 19.0 Å². The minimum Gasteiger partial charge on any atom is -0.352 e. The molecule has 0 atom stereocenters. The largest absolute Gasteiger partial charge is 0.352 e. The van der Waals surface area contributed by atoms with Gasteiger partial charge in [-0.15, -0.1) is 5.10 Å². The third-order valence-electron chi connectivity index (χ3n) is 4.63. The zero-order valence-electron chi connectivity index (χ0n) is 15.3. The standard InChI is InChI=1S/C19H23N5O2S/c1-23(11-16(25)20-14-9-10-14)17(26)12-27-19-21-18(13-7-8-13)24(22-19)15-5-3-2-4-6-15/h2-6,13-14H,7-12H2,1H3,(H,20,25). The molecule has 2 aromatic rings. The fourth-order valence-electron chi connectivity index (χ4n) is 2.77. The number of nitrogens with zero attached hydrogens (tertiary/aromatic N) is 4. The van der Waals surface area contributed by atoms with E-state index in [-0.39, 0.29) is 24.1 Å². The highest BCUT2D eigenvalue weighted by atomic mass is 32.2. The second kappa shape index (κ2) is 7.72. The van der Waals surface area contributed by atoms with Gasteiger partial charge in [-0.3, -0.25) is 9.59 Å². The van der Waals surface area contributed by atoms with Gasteiger partial charge in [0.05, 0.1) is 18.0 Å². The van der Waals surface area contributed by atoms with Crippen LogP contribution >= 0.6 is 11.8 Å². The third-order valence-corrected chi connectivity index (χ3v) is 5.45. The van der Waals surface area contributed by atoms with Crippen molar-refractivity contribution in [1.29, 1.82) is 0 Å². The molecule has 8 heteroatoms. The molecular formula is C19H23N5O2S. The molecule has 4 rings (SSSR count). The van der Waals surface area contributed by atoms with E-state index in [1.165, 1.54) is 16.7 Å². The predicted molar refractivity (Wildman–Crippen MR) is 103 cm³/mol. The van der Waals surface area contributed by atoms with Crippen molar-refractivity contribution in [3.05, 3.63) is 36.2 Å². The Kier molecular flexibility index (Phi) is 5.15. The van der Waals surface area contributed by atoms with Crippen LogP contribution in [0.5, 0.6) is 0 Å². The third kappa shape index (κ3) is 4.68. The van der Waals surface area contributed by atoms with Gasteiger partial charge in [0.2, 0.25) is 17.0 Å². The van der Waals surface area contributed by atoms with Crippen LogP contribution in [0, 0.1) is 0 Å². The molecule has 1 aromatic carbocycles. The van der Waals surface area contributed by atoms with Gasteiger partial charge in [-0.05, 0) is 37.8 Å². The first-order chi connectivity index (χ1) is 13.1. The fraction of sp³-hybridized carbons (Fsp3) is 0.474. The first-order valence-corrected chi connectivity index (χ1v) is 10.3. The Hall–Kier alpha value is -2.35. The van der Waals surface area contributed by atoms with Crippen molar-refractivity contribution in [3.8, 4) is 5.69 Å². The quantitative estimate of drug-likeness (QED) is 0.703. The smallest absolute Gasteiger partial charge is 0.239 e. The average Bonchev–Trinajstić information content (AvgIpc) is 3.60. The normalized spacial score (nSPS) is 16.2. The van der Waals surface area contributed by atoms with E-state index in [4.69, 9.17) is 0 Å². The summed E-state index contributed by atoms with van der Waals surface area (Å²) in [6, 6.07) is 10.2. The van der Waals surface area contributed by atoms with Crippen molar-refractivity contribution in [1.82, 2.24) is 25.0 Å². The van der Waals surface area contributed by atoms with Crippen LogP contribution in [0.3, 0.4) is 0 Å². The summed E-state index contributed by atoms with van der Waals surface area (Å²) in [5.41, 5.74) is 0.985. The maximum atomic E-state index is 12.3. The van der Waals surface area contributed by atoms with Crippen LogP contribution in [-0.4, -0.2) is 56.9 Å². The van der Waals surface area contributed by atoms with Gasteiger partial charge in [-0.1, -0.05) is 30.0 Å². The van der Waals surface area contributed by atoms with Crippen LogP contribution in [-0.2, 0) is 9.59 Å². The molecule has 27 heavy (non-hydrogen) atoms. The molecule has 142 valence electrons. The molecule has 0 spiro atoms. The summed E-state index contributed by atoms with van der Waals surface area (Å²) >= 11 is 1.32. The maximum Gasteiger partial charge on any atom is 0.239 e. The molecule has 1 aromatic heterocycles. The number of hydrogen-bond donors (Lipinski definition) is 1. The Balaban J connectivity index is 1.36. The number of aromatic nitrogens is 3. The molecule has 2 aliphatic rings. The summed E-state index contributed by atoms with van der Waals surface area (Å²) in [7, 11) is 1.65. The molecule has 0 radical (unpaired) electrons. The highest BCUT2D eigenvalue weighted by molar-refractivity contribution is 7.99. The van der Waals surface area contributed by atoms with Crippen LogP contribution in [0.2, 0.25) is 0 Å². The summed E-state index contributed by atoms with van der Waals surface area (Å²) in [5.74, 6) is 1.44. The van der Waals surface area contributed by atoms with Crippen LogP contribution in [0.25, 0.3) is 5.69 Å². The number of hydrogen-bond acceptors (Lipinski definition) is 5. The van der Waals surface area contributed by atoms with Crippen molar-refractivity contribution >= 4 is 23.6 Å². The first kappa shape index (κ1) is 18.0. The van der Waals surface area contributed by atoms with Crippen molar-refractivity contribution in [2.75, 3.05) is 19.3 Å². The first-order valence-electron chi connectivity index (χ1n) is 9.28. The maximum absolute atomic E-state index is 12.3. The molecule has 7 nitrogen and oxygen atoms in total. The minimum atomic E-state index is -0.102. The van der Waals surface area contributed by atoms with Crippen LogP contribution in [0.4, 0.5) is 0 Å². The van der Waals surface area contributed by atoms with Crippen molar-refractivity contribution in [2.24, 2.45) is 0 Å². The van der Waals surface area contributed by atoms with Crippen LogP contribution in [0.1, 0.15) is 37.4 Å². The summed E-state index contributed by atoms with van der Waals surface area (Å²) in [5, 5.41) is 8.10. The number of carbonyl (C=O) groups is 2. The Bertz CT molecular complexity index is 830. The molecule has 0 saturated heterocycles. The lowest BCUT2D eigenvalue weighted by molar-refractivity contribution is -0.132. The monoisotopic (exact) mass is 385 g/mol. The van der Waals surface area contributed by atoms with E-state index in [9.17, 15) is 9.59 Å². The van der Waals surface area contributed by atoms with Crippen LogP contribution in [0.15, 0.2) is 35.5 Å². The second-order valence-corrected chi connectivity index (χ2v) is 8.10. The highest BCUT2D eigenvalue weighted by Gasteiger charge is 2.30. The zero-order valence-corrected chi connectivity index (χ0v) is 16.1. The molecular weight excluding hydrogens is 362 g/mol. The number of thioether (sulfide) groups is 1. The molecule has 2 amide bonds. The van der Waals surface area contributed by atoms with Crippen LogP contribution < -0.4 is 5.32 Å². The van der Waals surface area contributed by atoms with Gasteiger partial charge in [-0.25, -0.2) is 9.67 Å². The Morgan fingerprint density at radius 3 is 2.63 bits per heavy atom. The topological polar surface area (TPSA) is 80.1 Å². The molecule has 2 saturated carbocycles. The number of amides is 2. The predicted octanol–water partition coefficient (Wildman–Crippen LogP) is 1.97.